The number of benzene rings is 1. The summed E-state index contributed by atoms with van der Waals surface area (Å²) in [6.45, 7) is 2.64. The molecule has 0 saturated heterocycles. The minimum atomic E-state index is 0.656. The number of pyridine rings is 1. The first-order chi connectivity index (χ1) is 11.3. The van der Waals surface area contributed by atoms with Crippen molar-refractivity contribution in [3.8, 4) is 28.0 Å². The van der Waals surface area contributed by atoms with Gasteiger partial charge in [0.25, 0.3) is 0 Å². The van der Waals surface area contributed by atoms with Crippen LogP contribution in [-0.4, -0.2) is 16.6 Å². The second-order valence-corrected chi connectivity index (χ2v) is 5.30. The molecule has 0 aliphatic heterocycles. The Morgan fingerprint density at radius 3 is 2.91 bits per heavy atom. The number of ether oxygens (including phenoxy) is 1. The Hall–Kier alpha value is -3.01. The quantitative estimate of drug-likeness (QED) is 0.584. The lowest BCUT2D eigenvalue weighted by Gasteiger charge is -2.06. The number of nitrogens with one attached hydrogen (secondary N) is 1. The first kappa shape index (κ1) is 13.6. The van der Waals surface area contributed by atoms with Crippen molar-refractivity contribution >= 4 is 11.0 Å². The van der Waals surface area contributed by atoms with Gasteiger partial charge in [-0.2, -0.15) is 0 Å². The zero-order valence-electron chi connectivity index (χ0n) is 12.7. The maximum absolute atomic E-state index is 5.58. The summed E-state index contributed by atoms with van der Waals surface area (Å²) < 4.78 is 10.8. The molecular weight excluding hydrogens is 288 g/mol. The summed E-state index contributed by atoms with van der Waals surface area (Å²) in [6, 6.07) is 12.2. The van der Waals surface area contributed by atoms with Gasteiger partial charge in [0.05, 0.1) is 19.1 Å². The molecule has 0 radical (unpaired) electrons. The minimum absolute atomic E-state index is 0.656. The van der Waals surface area contributed by atoms with Gasteiger partial charge in [-0.1, -0.05) is 12.1 Å². The predicted molar refractivity (Wildman–Crippen MR) is 90.4 cm³/mol. The summed E-state index contributed by atoms with van der Waals surface area (Å²) in [6.07, 6.45) is 7.26. The highest BCUT2D eigenvalue weighted by atomic mass is 16.5. The molecule has 0 unspecified atom stereocenters. The second-order valence-electron chi connectivity index (χ2n) is 5.30. The highest BCUT2D eigenvalue weighted by Gasteiger charge is 2.10. The molecule has 0 aliphatic rings. The molecule has 1 N–H and O–H groups in total. The maximum Gasteiger partial charge on any atom is 0.137 e. The summed E-state index contributed by atoms with van der Waals surface area (Å²) in [4.78, 5) is 7.75. The van der Waals surface area contributed by atoms with Gasteiger partial charge < -0.3 is 14.1 Å². The molecule has 0 spiro atoms. The van der Waals surface area contributed by atoms with Gasteiger partial charge in [0.15, 0.2) is 0 Å². The number of aromatic amines is 1. The second kappa shape index (κ2) is 5.65. The van der Waals surface area contributed by atoms with Crippen LogP contribution in [0.25, 0.3) is 33.3 Å². The summed E-state index contributed by atoms with van der Waals surface area (Å²) >= 11 is 0. The number of hydrogen-bond donors (Lipinski definition) is 1. The lowest BCUT2D eigenvalue weighted by Crippen LogP contribution is -1.91. The smallest absolute Gasteiger partial charge is 0.137 e. The Morgan fingerprint density at radius 1 is 1.13 bits per heavy atom. The van der Waals surface area contributed by atoms with Crippen molar-refractivity contribution in [2.45, 2.75) is 6.92 Å². The van der Waals surface area contributed by atoms with Crippen molar-refractivity contribution in [3.05, 3.63) is 61.3 Å². The van der Waals surface area contributed by atoms with Gasteiger partial charge in [0.1, 0.15) is 11.4 Å². The molecular formula is C19H16N2O2. The molecule has 1 aromatic carbocycles. The molecule has 0 amide bonds. The van der Waals surface area contributed by atoms with Gasteiger partial charge in [-0.05, 0) is 36.8 Å². The fourth-order valence-electron chi connectivity index (χ4n) is 2.75. The average molecular weight is 304 g/mol. The Kier molecular flexibility index (Phi) is 3.35. The maximum atomic E-state index is 5.58. The number of nitrogens with zero attached hydrogens (tertiary/aromatic N) is 1. The minimum Gasteiger partial charge on any atom is -0.494 e. The van der Waals surface area contributed by atoms with Crippen LogP contribution in [0, 0.1) is 0 Å². The molecule has 4 nitrogen and oxygen atoms in total. The fourth-order valence-corrected chi connectivity index (χ4v) is 2.75. The van der Waals surface area contributed by atoms with Crippen LogP contribution >= 0.6 is 0 Å². The summed E-state index contributed by atoms with van der Waals surface area (Å²) in [7, 11) is 0. The Morgan fingerprint density at radius 2 is 2.09 bits per heavy atom. The van der Waals surface area contributed by atoms with Crippen molar-refractivity contribution in [2.24, 2.45) is 0 Å². The molecule has 3 heterocycles. The molecule has 0 aliphatic carbocycles. The Labute approximate surface area is 133 Å². The van der Waals surface area contributed by atoms with Crippen LogP contribution in [0.2, 0.25) is 0 Å². The van der Waals surface area contributed by atoms with Crippen LogP contribution in [0.4, 0.5) is 0 Å². The number of aromatic nitrogens is 2. The summed E-state index contributed by atoms with van der Waals surface area (Å²) in [5.41, 5.74) is 5.14. The monoisotopic (exact) mass is 304 g/mol. The number of furan rings is 1. The lowest BCUT2D eigenvalue weighted by atomic mass is 10.0. The molecule has 23 heavy (non-hydrogen) atoms. The molecule has 114 valence electrons. The Balaban J connectivity index is 1.82. The van der Waals surface area contributed by atoms with Gasteiger partial charge in [-0.25, -0.2) is 4.98 Å². The zero-order chi connectivity index (χ0) is 15.6. The molecule has 4 aromatic rings. The molecule has 4 heteroatoms. The van der Waals surface area contributed by atoms with E-state index >= 15 is 0 Å². The first-order valence-electron chi connectivity index (χ1n) is 7.58. The van der Waals surface area contributed by atoms with E-state index in [-0.39, 0.29) is 0 Å². The third-order valence-corrected chi connectivity index (χ3v) is 3.84. The number of fused-ring (bicyclic) bond motifs is 1. The number of hydrogen-bond acceptors (Lipinski definition) is 3. The van der Waals surface area contributed by atoms with Gasteiger partial charge in [0, 0.05) is 34.5 Å². The average Bonchev–Trinajstić information content (AvgIpc) is 3.24. The molecule has 0 atom stereocenters. The van der Waals surface area contributed by atoms with E-state index < -0.39 is 0 Å². The van der Waals surface area contributed by atoms with E-state index in [9.17, 15) is 0 Å². The fraction of sp³-hybridized carbons (Fsp3) is 0.105. The highest BCUT2D eigenvalue weighted by molar-refractivity contribution is 5.95. The van der Waals surface area contributed by atoms with Crippen LogP contribution < -0.4 is 4.74 Å². The van der Waals surface area contributed by atoms with Crippen molar-refractivity contribution < 1.29 is 9.15 Å². The van der Waals surface area contributed by atoms with Gasteiger partial charge >= 0.3 is 0 Å². The van der Waals surface area contributed by atoms with Crippen LogP contribution in [0.1, 0.15) is 6.92 Å². The van der Waals surface area contributed by atoms with Crippen LogP contribution in [0.5, 0.6) is 5.75 Å². The zero-order valence-corrected chi connectivity index (χ0v) is 12.7. The first-order valence-corrected chi connectivity index (χ1v) is 7.58. The van der Waals surface area contributed by atoms with Crippen molar-refractivity contribution in [3.63, 3.8) is 0 Å². The standard InChI is InChI=1S/C19H16N2O2/c1-2-23-16-5-3-4-13(8-16)15-9-17-18(14-6-7-22-12-14)11-21-19(17)20-10-15/h3-12H,2H2,1H3,(H,20,21). The van der Waals surface area contributed by atoms with Gasteiger partial charge in [-0.15, -0.1) is 0 Å². The van der Waals surface area contributed by atoms with E-state index in [1.165, 1.54) is 0 Å². The molecule has 4 rings (SSSR count). The van der Waals surface area contributed by atoms with Gasteiger partial charge in [0.2, 0.25) is 0 Å². The summed E-state index contributed by atoms with van der Waals surface area (Å²) in [5.74, 6) is 0.870. The topological polar surface area (TPSA) is 51.0 Å². The van der Waals surface area contributed by atoms with E-state index in [0.29, 0.717) is 6.61 Å². The van der Waals surface area contributed by atoms with Crippen LogP contribution in [0.15, 0.2) is 65.7 Å². The molecule has 0 bridgehead atoms. The number of rotatable bonds is 4. The normalized spacial score (nSPS) is 11.0. The SMILES string of the molecule is CCOc1cccc(-c2cnc3[nH]cc(-c4ccoc4)c3c2)c1. The molecule has 3 aromatic heterocycles. The lowest BCUT2D eigenvalue weighted by molar-refractivity contribution is 0.340. The van der Waals surface area contributed by atoms with Crippen molar-refractivity contribution in [2.75, 3.05) is 6.61 Å². The largest absolute Gasteiger partial charge is 0.494 e. The third-order valence-electron chi connectivity index (χ3n) is 3.84. The van der Waals surface area contributed by atoms with E-state index in [0.717, 1.165) is 39.0 Å². The number of H-pyrrole nitrogens is 1. The van der Waals surface area contributed by atoms with Crippen molar-refractivity contribution in [1.82, 2.24) is 9.97 Å². The van der Waals surface area contributed by atoms with E-state index in [2.05, 4.69) is 22.1 Å². The van der Waals surface area contributed by atoms with Gasteiger partial charge in [-0.3, -0.25) is 0 Å². The van der Waals surface area contributed by atoms with Crippen LogP contribution in [-0.2, 0) is 0 Å². The highest BCUT2D eigenvalue weighted by Crippen LogP contribution is 2.32. The van der Waals surface area contributed by atoms with E-state index in [4.69, 9.17) is 9.15 Å². The van der Waals surface area contributed by atoms with E-state index in [1.54, 1.807) is 12.5 Å². The predicted octanol–water partition coefficient (Wildman–Crippen LogP) is 4.89. The van der Waals surface area contributed by atoms with Crippen molar-refractivity contribution in [1.29, 1.82) is 0 Å². The van der Waals surface area contributed by atoms with Crippen LogP contribution in [0.3, 0.4) is 0 Å². The Bertz CT molecular complexity index is 939. The third kappa shape index (κ3) is 2.48. The molecule has 0 saturated carbocycles. The summed E-state index contributed by atoms with van der Waals surface area (Å²) in [5, 5.41) is 1.07. The molecule has 0 fully saturated rings. The van der Waals surface area contributed by atoms with E-state index in [1.807, 2.05) is 43.6 Å².